The van der Waals surface area contributed by atoms with Crippen molar-refractivity contribution in [1.82, 2.24) is 9.71 Å². The van der Waals surface area contributed by atoms with E-state index in [0.29, 0.717) is 0 Å². The Morgan fingerprint density at radius 3 is 2.58 bits per heavy atom. The lowest BCUT2D eigenvalue weighted by Crippen LogP contribution is -2.20. The van der Waals surface area contributed by atoms with E-state index in [2.05, 4.69) is 9.71 Å². The third-order valence-corrected chi connectivity index (χ3v) is 4.49. The molecule has 6 heteroatoms. The maximum Gasteiger partial charge on any atom is 0.121 e. The van der Waals surface area contributed by atoms with Crippen LogP contribution in [-0.2, 0) is 11.3 Å². The molecule has 1 aromatic heterocycles. The second-order valence-electron chi connectivity index (χ2n) is 5.44. The van der Waals surface area contributed by atoms with Crippen molar-refractivity contribution < 1.29 is 13.5 Å². The molecular formula is C18H17N2O3S-. The molecule has 1 N–H and O–H groups in total. The molecule has 24 heavy (non-hydrogen) atoms. The van der Waals surface area contributed by atoms with Crippen LogP contribution in [0.5, 0.6) is 5.75 Å². The van der Waals surface area contributed by atoms with Crippen LogP contribution in [0.25, 0.3) is 22.0 Å². The lowest BCUT2D eigenvalue weighted by atomic mass is 9.99. The number of hydrogen-bond donors (Lipinski definition) is 1. The summed E-state index contributed by atoms with van der Waals surface area (Å²) in [6.07, 6.45) is 1.77. The molecule has 0 saturated heterocycles. The van der Waals surface area contributed by atoms with Crippen LogP contribution >= 0.6 is 0 Å². The summed E-state index contributed by atoms with van der Waals surface area (Å²) >= 11 is -2.28. The highest BCUT2D eigenvalue weighted by Crippen LogP contribution is 2.30. The fourth-order valence-electron chi connectivity index (χ4n) is 2.67. The highest BCUT2D eigenvalue weighted by molar-refractivity contribution is 7.77. The molecule has 5 nitrogen and oxygen atoms in total. The van der Waals surface area contributed by atoms with Crippen molar-refractivity contribution in [2.75, 3.05) is 7.11 Å². The van der Waals surface area contributed by atoms with Gasteiger partial charge in [0.05, 0.1) is 12.6 Å². The van der Waals surface area contributed by atoms with Gasteiger partial charge in [-0.2, -0.15) is 0 Å². The highest BCUT2D eigenvalue weighted by atomic mass is 32.2. The molecule has 0 saturated carbocycles. The second kappa shape index (κ2) is 7.09. The monoisotopic (exact) mass is 341 g/mol. The number of nitrogens with zero attached hydrogens (tertiary/aromatic N) is 1. The fourth-order valence-corrected chi connectivity index (χ4v) is 3.10. The number of pyridine rings is 1. The Kier molecular flexibility index (Phi) is 4.89. The molecule has 2 unspecified atom stereocenters. The third-order valence-electron chi connectivity index (χ3n) is 3.94. The molecule has 124 valence electrons. The molecule has 1 heterocycles. The van der Waals surface area contributed by atoms with E-state index in [1.165, 1.54) is 0 Å². The summed E-state index contributed by atoms with van der Waals surface area (Å²) in [5.74, 6) is 0.771. The van der Waals surface area contributed by atoms with E-state index in [4.69, 9.17) is 4.74 Å². The zero-order valence-electron chi connectivity index (χ0n) is 13.4. The van der Waals surface area contributed by atoms with Gasteiger partial charge in [-0.05, 0) is 41.8 Å². The Morgan fingerprint density at radius 2 is 1.92 bits per heavy atom. The van der Waals surface area contributed by atoms with Crippen molar-refractivity contribution in [3.63, 3.8) is 0 Å². The first-order valence-electron chi connectivity index (χ1n) is 7.47. The maximum atomic E-state index is 10.7. The van der Waals surface area contributed by atoms with Gasteiger partial charge >= 0.3 is 0 Å². The summed E-state index contributed by atoms with van der Waals surface area (Å²) in [7, 11) is 1.63. The quantitative estimate of drug-likeness (QED) is 0.722. The van der Waals surface area contributed by atoms with Crippen LogP contribution < -0.4 is 9.46 Å². The lowest BCUT2D eigenvalue weighted by molar-refractivity contribution is 0.415. The largest absolute Gasteiger partial charge is 0.760 e. The van der Waals surface area contributed by atoms with Crippen LogP contribution in [0, 0.1) is 0 Å². The van der Waals surface area contributed by atoms with E-state index >= 15 is 0 Å². The van der Waals surface area contributed by atoms with E-state index in [0.717, 1.165) is 33.3 Å². The average molecular weight is 341 g/mol. The van der Waals surface area contributed by atoms with E-state index < -0.39 is 11.3 Å². The normalized spacial score (nSPS) is 13.6. The van der Waals surface area contributed by atoms with Gasteiger partial charge in [0.1, 0.15) is 5.75 Å². The molecule has 0 bridgehead atoms. The molecule has 0 amide bonds. The van der Waals surface area contributed by atoms with Gasteiger partial charge in [-0.25, -0.2) is 4.72 Å². The highest BCUT2D eigenvalue weighted by Gasteiger charge is 2.08. The summed E-state index contributed by atoms with van der Waals surface area (Å²) in [6, 6.07) is 15.3. The Labute approximate surface area is 143 Å². The van der Waals surface area contributed by atoms with E-state index in [1.54, 1.807) is 20.2 Å². The number of ether oxygens (including phenoxy) is 1. The zero-order chi connectivity index (χ0) is 17.1. The number of hydrogen-bond acceptors (Lipinski definition) is 4. The maximum absolute atomic E-state index is 10.7. The summed E-state index contributed by atoms with van der Waals surface area (Å²) in [6.45, 7) is 1.80. The van der Waals surface area contributed by atoms with E-state index in [1.807, 2.05) is 48.5 Å². The summed E-state index contributed by atoms with van der Waals surface area (Å²) < 4.78 is 29.2. The van der Waals surface area contributed by atoms with Crippen LogP contribution in [0.3, 0.4) is 0 Å². The van der Waals surface area contributed by atoms with E-state index in [-0.39, 0.29) is 6.04 Å². The van der Waals surface area contributed by atoms with Gasteiger partial charge in [0, 0.05) is 35.0 Å². The number of benzene rings is 2. The smallest absolute Gasteiger partial charge is 0.121 e. The number of aromatic nitrogens is 1. The number of rotatable bonds is 5. The van der Waals surface area contributed by atoms with Crippen LogP contribution in [0.1, 0.15) is 18.5 Å². The standard InChI is InChI=1S/C18H18N2O3S/c1-12(20-24(21)22)13-3-5-14(6-4-13)16-9-10-19-18-11-15(23-2)7-8-17(16)18/h3-12,20H,1-2H3,(H,21,22)/p-1. The topological polar surface area (TPSA) is 74.3 Å². The van der Waals surface area contributed by atoms with Crippen molar-refractivity contribution in [3.8, 4) is 16.9 Å². The van der Waals surface area contributed by atoms with Gasteiger partial charge < -0.3 is 9.29 Å². The second-order valence-corrected chi connectivity index (χ2v) is 6.14. The van der Waals surface area contributed by atoms with Crippen LogP contribution in [0.2, 0.25) is 0 Å². The van der Waals surface area contributed by atoms with Crippen molar-refractivity contribution in [2.45, 2.75) is 13.0 Å². The molecule has 3 aromatic rings. The Morgan fingerprint density at radius 1 is 1.17 bits per heavy atom. The number of methoxy groups -OCH3 is 1. The molecular weight excluding hydrogens is 324 g/mol. The molecule has 0 aliphatic heterocycles. The molecule has 2 atom stereocenters. The first-order chi connectivity index (χ1) is 11.6. The third kappa shape index (κ3) is 3.46. The van der Waals surface area contributed by atoms with Crippen LogP contribution in [0.4, 0.5) is 0 Å². The minimum atomic E-state index is -2.28. The van der Waals surface area contributed by atoms with Gasteiger partial charge in [-0.3, -0.25) is 9.19 Å². The predicted molar refractivity (Wildman–Crippen MR) is 94.2 cm³/mol. The molecule has 0 aliphatic carbocycles. The molecule has 0 radical (unpaired) electrons. The van der Waals surface area contributed by atoms with Gasteiger partial charge in [-0.1, -0.05) is 24.3 Å². The SMILES string of the molecule is COc1ccc2c(-c3ccc(C(C)NS(=O)[O-])cc3)ccnc2c1. The predicted octanol–water partition coefficient (Wildman–Crippen LogP) is 3.36. The number of fused-ring (bicyclic) bond motifs is 1. The van der Waals surface area contributed by atoms with Gasteiger partial charge in [0.25, 0.3) is 0 Å². The average Bonchev–Trinajstić information content (AvgIpc) is 2.60. The van der Waals surface area contributed by atoms with Crippen molar-refractivity contribution in [1.29, 1.82) is 0 Å². The molecule has 0 fully saturated rings. The van der Waals surface area contributed by atoms with Gasteiger partial charge in [-0.15, -0.1) is 0 Å². The molecule has 0 spiro atoms. The first kappa shape index (κ1) is 16.6. The van der Waals surface area contributed by atoms with E-state index in [9.17, 15) is 8.76 Å². The Hall–Kier alpha value is -2.28. The van der Waals surface area contributed by atoms with Crippen LogP contribution in [0.15, 0.2) is 54.7 Å². The summed E-state index contributed by atoms with van der Waals surface area (Å²) in [5, 5.41) is 1.04. The van der Waals surface area contributed by atoms with Crippen molar-refractivity contribution >= 4 is 22.2 Å². The van der Waals surface area contributed by atoms with Gasteiger partial charge in [0.2, 0.25) is 0 Å². The molecule has 3 rings (SSSR count). The first-order valence-corrected chi connectivity index (χ1v) is 8.54. The Balaban J connectivity index is 1.97. The lowest BCUT2D eigenvalue weighted by Gasteiger charge is -2.16. The fraction of sp³-hybridized carbons (Fsp3) is 0.167. The molecule has 2 aromatic carbocycles. The summed E-state index contributed by atoms with van der Waals surface area (Å²) in [5.41, 5.74) is 3.89. The zero-order valence-corrected chi connectivity index (χ0v) is 14.2. The Bertz CT molecular complexity index is 881. The number of nitrogens with one attached hydrogen (secondary N) is 1. The minimum absolute atomic E-state index is 0.268. The van der Waals surface area contributed by atoms with Gasteiger partial charge in [0.15, 0.2) is 0 Å². The van der Waals surface area contributed by atoms with Crippen molar-refractivity contribution in [2.24, 2.45) is 0 Å². The van der Waals surface area contributed by atoms with Crippen LogP contribution in [-0.4, -0.2) is 20.9 Å². The van der Waals surface area contributed by atoms with Crippen molar-refractivity contribution in [3.05, 3.63) is 60.3 Å². The molecule has 0 aliphatic rings. The summed E-state index contributed by atoms with van der Waals surface area (Å²) in [4.78, 5) is 4.40. The minimum Gasteiger partial charge on any atom is -0.760 e.